The first-order chi connectivity index (χ1) is 9.64. The summed E-state index contributed by atoms with van der Waals surface area (Å²) in [6.45, 7) is 2.44. The number of halogens is 5. The molecule has 0 rings (SSSR count). The smallest absolute Gasteiger partial charge is 0.375 e. The summed E-state index contributed by atoms with van der Waals surface area (Å²) >= 11 is 0. The van der Waals surface area contributed by atoms with E-state index in [2.05, 4.69) is 16.1 Å². The van der Waals surface area contributed by atoms with Gasteiger partial charge in [0.25, 0.3) is 0 Å². The van der Waals surface area contributed by atoms with Crippen LogP contribution in [0.3, 0.4) is 0 Å². The van der Waals surface area contributed by atoms with Gasteiger partial charge in [0.15, 0.2) is 0 Å². The molecule has 1 N–H and O–H groups in total. The van der Waals surface area contributed by atoms with Crippen molar-refractivity contribution in [2.45, 2.75) is 57.2 Å². The Morgan fingerprint density at radius 1 is 1.14 bits per heavy atom. The van der Waals surface area contributed by atoms with Crippen LogP contribution in [-0.2, 0) is 4.74 Å². The Balaban J connectivity index is 4.16. The van der Waals surface area contributed by atoms with Crippen LogP contribution in [0.5, 0.6) is 0 Å². The van der Waals surface area contributed by atoms with Gasteiger partial charge in [0, 0.05) is 6.61 Å². The molecule has 1 atom stereocenters. The number of rotatable bonds is 10. The van der Waals surface area contributed by atoms with Gasteiger partial charge >= 0.3 is 12.1 Å². The number of hydrogen-bond acceptors (Lipinski definition) is 3. The van der Waals surface area contributed by atoms with Crippen LogP contribution in [0.2, 0.25) is 0 Å². The van der Waals surface area contributed by atoms with Crippen molar-refractivity contribution in [1.29, 1.82) is 5.26 Å². The van der Waals surface area contributed by atoms with Crippen molar-refractivity contribution in [2.75, 3.05) is 19.8 Å². The number of ether oxygens (including phenoxy) is 1. The maximum absolute atomic E-state index is 12.6. The summed E-state index contributed by atoms with van der Waals surface area (Å²) in [7, 11) is 0. The van der Waals surface area contributed by atoms with E-state index in [0.717, 1.165) is 6.42 Å². The molecule has 3 nitrogen and oxygen atoms in total. The van der Waals surface area contributed by atoms with Gasteiger partial charge in [-0.25, -0.2) is 0 Å². The Morgan fingerprint density at radius 2 is 1.76 bits per heavy atom. The van der Waals surface area contributed by atoms with Crippen LogP contribution in [0.4, 0.5) is 22.0 Å². The molecule has 0 amide bonds. The van der Waals surface area contributed by atoms with Gasteiger partial charge in [-0.15, -0.1) is 0 Å². The highest BCUT2D eigenvalue weighted by Gasteiger charge is 2.57. The van der Waals surface area contributed by atoms with Crippen molar-refractivity contribution < 1.29 is 26.7 Å². The molecule has 0 aromatic carbocycles. The molecule has 0 aliphatic carbocycles. The normalized spacial score (nSPS) is 15.5. The summed E-state index contributed by atoms with van der Waals surface area (Å²) in [5, 5.41) is 12.2. The Kier molecular flexibility index (Phi) is 8.11. The predicted octanol–water partition coefficient (Wildman–Crippen LogP) is 3.65. The third kappa shape index (κ3) is 6.57. The second kappa shape index (κ2) is 8.49. The van der Waals surface area contributed by atoms with Crippen molar-refractivity contribution in [3.8, 4) is 6.07 Å². The molecular weight excluding hydrogens is 295 g/mol. The van der Waals surface area contributed by atoms with Gasteiger partial charge in [0.05, 0.1) is 6.07 Å². The van der Waals surface area contributed by atoms with Crippen LogP contribution < -0.4 is 5.32 Å². The van der Waals surface area contributed by atoms with Crippen molar-refractivity contribution >= 4 is 0 Å². The lowest BCUT2D eigenvalue weighted by atomic mass is 9.92. The molecule has 1 unspecified atom stereocenters. The number of nitrogens with one attached hydrogen (secondary N) is 1. The number of nitriles is 1. The molecule has 0 bridgehead atoms. The summed E-state index contributed by atoms with van der Waals surface area (Å²) in [5.41, 5.74) is -0.786. The highest BCUT2D eigenvalue weighted by Crippen LogP contribution is 2.35. The first-order valence-electron chi connectivity index (χ1n) is 6.82. The van der Waals surface area contributed by atoms with Gasteiger partial charge in [-0.2, -0.15) is 27.2 Å². The van der Waals surface area contributed by atoms with Gasteiger partial charge < -0.3 is 4.74 Å². The van der Waals surface area contributed by atoms with E-state index < -0.39 is 24.2 Å². The fourth-order valence-electron chi connectivity index (χ4n) is 1.69. The van der Waals surface area contributed by atoms with Crippen molar-refractivity contribution in [1.82, 2.24) is 5.32 Å². The first-order valence-corrected chi connectivity index (χ1v) is 6.82. The number of nitrogens with zero attached hydrogens (tertiary/aromatic N) is 1. The van der Waals surface area contributed by atoms with E-state index >= 15 is 0 Å². The van der Waals surface area contributed by atoms with Crippen LogP contribution in [0.25, 0.3) is 0 Å². The van der Waals surface area contributed by atoms with Gasteiger partial charge in [0.2, 0.25) is 0 Å². The Labute approximate surface area is 121 Å². The van der Waals surface area contributed by atoms with Crippen LogP contribution in [0, 0.1) is 11.3 Å². The summed E-state index contributed by atoms with van der Waals surface area (Å²) in [4.78, 5) is 0. The Bertz CT molecular complexity index is 340. The summed E-state index contributed by atoms with van der Waals surface area (Å²) < 4.78 is 65.3. The van der Waals surface area contributed by atoms with Gasteiger partial charge in [-0.05, 0) is 32.2 Å². The van der Waals surface area contributed by atoms with Crippen molar-refractivity contribution in [3.05, 3.63) is 0 Å². The van der Waals surface area contributed by atoms with E-state index in [1.807, 2.05) is 13.8 Å². The Hall–Kier alpha value is -0.940. The van der Waals surface area contributed by atoms with Crippen LogP contribution in [-0.4, -0.2) is 37.4 Å². The zero-order valence-electron chi connectivity index (χ0n) is 12.2. The van der Waals surface area contributed by atoms with Crippen molar-refractivity contribution in [2.24, 2.45) is 0 Å². The quantitative estimate of drug-likeness (QED) is 0.494. The second-order valence-electron chi connectivity index (χ2n) is 4.83. The van der Waals surface area contributed by atoms with Gasteiger partial charge in [-0.3, -0.25) is 5.32 Å². The predicted molar refractivity (Wildman–Crippen MR) is 68.0 cm³/mol. The van der Waals surface area contributed by atoms with E-state index in [1.54, 1.807) is 0 Å². The zero-order valence-corrected chi connectivity index (χ0v) is 12.2. The van der Waals surface area contributed by atoms with Crippen LogP contribution >= 0.6 is 0 Å². The SMILES string of the molecule is CCCNC(C#N)(CC)CCCOCC(F)(F)C(F)(F)F. The van der Waals surface area contributed by atoms with E-state index in [1.165, 1.54) is 0 Å². The van der Waals surface area contributed by atoms with Crippen LogP contribution in [0.15, 0.2) is 0 Å². The maximum Gasteiger partial charge on any atom is 0.455 e. The van der Waals surface area contributed by atoms with Crippen LogP contribution in [0.1, 0.15) is 39.5 Å². The molecule has 0 aliphatic heterocycles. The molecule has 8 heteroatoms. The lowest BCUT2D eigenvalue weighted by molar-refractivity contribution is -0.296. The monoisotopic (exact) mass is 316 g/mol. The largest absolute Gasteiger partial charge is 0.455 e. The standard InChI is InChI=1S/C13H21F5N2O/c1-3-7-20-11(4-2,9-19)6-5-8-21-10-12(14,15)13(16,17)18/h20H,3-8,10H2,1-2H3. The molecule has 0 saturated carbocycles. The molecule has 21 heavy (non-hydrogen) atoms. The fraction of sp³-hybridized carbons (Fsp3) is 0.923. The topological polar surface area (TPSA) is 45.0 Å². The van der Waals surface area contributed by atoms with E-state index in [4.69, 9.17) is 0 Å². The second-order valence-corrected chi connectivity index (χ2v) is 4.83. The average Bonchev–Trinajstić information content (AvgIpc) is 2.41. The molecule has 0 radical (unpaired) electrons. The summed E-state index contributed by atoms with van der Waals surface area (Å²) in [5.74, 6) is -4.84. The highest BCUT2D eigenvalue weighted by molar-refractivity contribution is 5.06. The van der Waals surface area contributed by atoms with Gasteiger partial charge in [0.1, 0.15) is 12.1 Å². The Morgan fingerprint density at radius 3 is 2.19 bits per heavy atom. The molecular formula is C13H21F5N2O. The minimum absolute atomic E-state index is 0.228. The van der Waals surface area contributed by atoms with E-state index in [0.29, 0.717) is 19.4 Å². The highest BCUT2D eigenvalue weighted by atomic mass is 19.4. The third-order valence-electron chi connectivity index (χ3n) is 3.12. The van der Waals surface area contributed by atoms with E-state index in [-0.39, 0.29) is 13.0 Å². The lowest BCUT2D eigenvalue weighted by Crippen LogP contribution is -2.44. The fourth-order valence-corrected chi connectivity index (χ4v) is 1.69. The van der Waals surface area contributed by atoms with E-state index in [9.17, 15) is 27.2 Å². The molecule has 124 valence electrons. The summed E-state index contributed by atoms with van der Waals surface area (Å²) in [6.07, 6.45) is -3.70. The number of hydrogen-bond donors (Lipinski definition) is 1. The minimum atomic E-state index is -5.60. The minimum Gasteiger partial charge on any atom is -0.375 e. The third-order valence-corrected chi connectivity index (χ3v) is 3.12. The molecule has 0 fully saturated rings. The number of alkyl halides is 5. The molecule has 0 heterocycles. The average molecular weight is 316 g/mol. The molecule has 0 saturated heterocycles. The molecule has 0 aromatic rings. The molecule has 0 aromatic heterocycles. The lowest BCUT2D eigenvalue weighted by Gasteiger charge is -2.26. The first kappa shape index (κ1) is 20.1. The zero-order chi connectivity index (χ0) is 16.6. The summed E-state index contributed by atoms with van der Waals surface area (Å²) in [6, 6.07) is 2.14. The molecule has 0 aliphatic rings. The maximum atomic E-state index is 12.6. The van der Waals surface area contributed by atoms with Gasteiger partial charge in [-0.1, -0.05) is 13.8 Å². The molecule has 0 spiro atoms. The van der Waals surface area contributed by atoms with Crippen molar-refractivity contribution in [3.63, 3.8) is 0 Å².